The fourth-order valence-corrected chi connectivity index (χ4v) is 2.05. The first kappa shape index (κ1) is 8.24. The average molecular weight is 196 g/mol. The van der Waals surface area contributed by atoms with Crippen LogP contribution in [0, 0.1) is 0 Å². The molecule has 1 aromatic carbocycles. The third kappa shape index (κ3) is 1.08. The highest BCUT2D eigenvalue weighted by Gasteiger charge is 2.19. The third-order valence-corrected chi connectivity index (χ3v) is 2.66. The summed E-state index contributed by atoms with van der Waals surface area (Å²) in [5.41, 5.74) is 1.58. The SMILES string of the molecule is O=C1C=C(O)C2=c3ccccc3=CC2=C1. The van der Waals surface area contributed by atoms with E-state index >= 15 is 0 Å². The summed E-state index contributed by atoms with van der Waals surface area (Å²) in [6, 6.07) is 7.78. The van der Waals surface area contributed by atoms with Crippen LogP contribution < -0.4 is 10.4 Å². The third-order valence-electron chi connectivity index (χ3n) is 2.66. The van der Waals surface area contributed by atoms with Crippen molar-refractivity contribution in [2.45, 2.75) is 0 Å². The van der Waals surface area contributed by atoms with Crippen molar-refractivity contribution < 1.29 is 9.90 Å². The van der Waals surface area contributed by atoms with Gasteiger partial charge in [0.05, 0.1) is 0 Å². The quantitative estimate of drug-likeness (QED) is 0.659. The molecule has 0 saturated heterocycles. The number of ketones is 1. The van der Waals surface area contributed by atoms with Crippen molar-refractivity contribution in [3.63, 3.8) is 0 Å². The number of aliphatic hydroxyl groups excluding tert-OH is 1. The lowest BCUT2D eigenvalue weighted by atomic mass is 9.99. The molecule has 0 spiro atoms. The smallest absolute Gasteiger partial charge is 0.182 e. The predicted octanol–water partition coefficient (Wildman–Crippen LogP) is 0.582. The summed E-state index contributed by atoms with van der Waals surface area (Å²) in [7, 11) is 0. The van der Waals surface area contributed by atoms with E-state index in [-0.39, 0.29) is 11.5 Å². The van der Waals surface area contributed by atoms with Crippen molar-refractivity contribution in [1.82, 2.24) is 0 Å². The van der Waals surface area contributed by atoms with E-state index in [1.165, 1.54) is 6.08 Å². The first-order valence-corrected chi connectivity index (χ1v) is 4.74. The molecule has 15 heavy (non-hydrogen) atoms. The van der Waals surface area contributed by atoms with Gasteiger partial charge < -0.3 is 5.11 Å². The molecule has 72 valence electrons. The van der Waals surface area contributed by atoms with Crippen LogP contribution in [0.2, 0.25) is 0 Å². The molecule has 0 saturated carbocycles. The molecule has 0 bridgehead atoms. The van der Waals surface area contributed by atoms with E-state index in [0.717, 1.165) is 21.6 Å². The fourth-order valence-electron chi connectivity index (χ4n) is 2.05. The second-order valence-electron chi connectivity index (χ2n) is 3.64. The molecule has 0 aromatic heterocycles. The molecule has 1 N–H and O–H groups in total. The van der Waals surface area contributed by atoms with Crippen molar-refractivity contribution in [2.24, 2.45) is 0 Å². The van der Waals surface area contributed by atoms with Gasteiger partial charge in [-0.25, -0.2) is 0 Å². The number of hydrogen-bond acceptors (Lipinski definition) is 2. The first-order chi connectivity index (χ1) is 7.25. The molecule has 0 amide bonds. The summed E-state index contributed by atoms with van der Waals surface area (Å²) in [6.07, 6.45) is 4.73. The molecular weight excluding hydrogens is 188 g/mol. The van der Waals surface area contributed by atoms with E-state index in [1.807, 2.05) is 30.3 Å². The highest BCUT2D eigenvalue weighted by Crippen LogP contribution is 2.24. The van der Waals surface area contributed by atoms with Gasteiger partial charge in [-0.1, -0.05) is 24.3 Å². The molecule has 1 aromatic rings. The number of aliphatic hydroxyl groups is 1. The van der Waals surface area contributed by atoms with Crippen molar-refractivity contribution in [3.05, 3.63) is 58.2 Å². The van der Waals surface area contributed by atoms with Gasteiger partial charge in [-0.2, -0.15) is 0 Å². The van der Waals surface area contributed by atoms with E-state index < -0.39 is 0 Å². The molecule has 0 heterocycles. The zero-order valence-corrected chi connectivity index (χ0v) is 7.90. The standard InChI is InChI=1S/C13H8O2/c14-10-6-9-5-8-3-1-2-4-11(8)13(9)12(15)7-10/h1-7,15H. The Morgan fingerprint density at radius 2 is 1.80 bits per heavy atom. The molecular formula is C13H8O2. The zero-order chi connectivity index (χ0) is 10.4. The van der Waals surface area contributed by atoms with Gasteiger partial charge in [0, 0.05) is 11.6 Å². The Bertz CT molecular complexity index is 645. The monoisotopic (exact) mass is 196 g/mol. The number of carbonyl (C=O) groups excluding carboxylic acids is 1. The van der Waals surface area contributed by atoms with Crippen LogP contribution >= 0.6 is 0 Å². The Labute approximate surface area is 86.2 Å². The van der Waals surface area contributed by atoms with Gasteiger partial charge in [-0.3, -0.25) is 4.79 Å². The summed E-state index contributed by atoms with van der Waals surface area (Å²) in [4.78, 5) is 11.2. The zero-order valence-electron chi connectivity index (χ0n) is 7.90. The van der Waals surface area contributed by atoms with Crippen LogP contribution in [0.5, 0.6) is 0 Å². The maximum absolute atomic E-state index is 11.2. The average Bonchev–Trinajstić information content (AvgIpc) is 2.54. The predicted molar refractivity (Wildman–Crippen MR) is 57.4 cm³/mol. The van der Waals surface area contributed by atoms with E-state index in [2.05, 4.69) is 0 Å². The minimum Gasteiger partial charge on any atom is -0.507 e. The number of carbonyl (C=O) groups is 1. The topological polar surface area (TPSA) is 37.3 Å². The molecule has 0 aliphatic heterocycles. The lowest BCUT2D eigenvalue weighted by molar-refractivity contribution is -0.110. The van der Waals surface area contributed by atoms with Gasteiger partial charge in [-0.05, 0) is 28.2 Å². The van der Waals surface area contributed by atoms with Crippen LogP contribution in [0.4, 0.5) is 0 Å². The van der Waals surface area contributed by atoms with Crippen LogP contribution in [0.25, 0.3) is 11.6 Å². The number of allylic oxidation sites excluding steroid dienone is 3. The summed E-state index contributed by atoms with van der Waals surface area (Å²) >= 11 is 0. The lowest BCUT2D eigenvalue weighted by Gasteiger charge is -2.08. The van der Waals surface area contributed by atoms with E-state index in [1.54, 1.807) is 6.08 Å². The second kappa shape index (κ2) is 2.70. The summed E-state index contributed by atoms with van der Waals surface area (Å²) < 4.78 is 0. The molecule has 2 aliphatic rings. The van der Waals surface area contributed by atoms with Gasteiger partial charge in [-0.15, -0.1) is 0 Å². The molecule has 0 unspecified atom stereocenters. The lowest BCUT2D eigenvalue weighted by Crippen LogP contribution is -2.22. The van der Waals surface area contributed by atoms with Crippen molar-refractivity contribution in [1.29, 1.82) is 0 Å². The van der Waals surface area contributed by atoms with Crippen molar-refractivity contribution in [2.75, 3.05) is 0 Å². The highest BCUT2D eigenvalue weighted by atomic mass is 16.3. The Balaban J connectivity index is 2.47. The molecule has 2 aliphatic carbocycles. The van der Waals surface area contributed by atoms with Gasteiger partial charge in [0.1, 0.15) is 5.76 Å². The first-order valence-electron chi connectivity index (χ1n) is 4.74. The van der Waals surface area contributed by atoms with Gasteiger partial charge in [0.25, 0.3) is 0 Å². The van der Waals surface area contributed by atoms with Gasteiger partial charge in [0.2, 0.25) is 0 Å². The van der Waals surface area contributed by atoms with Gasteiger partial charge in [0.15, 0.2) is 5.78 Å². The minimum absolute atomic E-state index is 0.0682. The normalized spacial score (nSPS) is 17.6. The maximum Gasteiger partial charge on any atom is 0.182 e. The number of benzene rings is 1. The van der Waals surface area contributed by atoms with E-state index in [4.69, 9.17) is 0 Å². The number of fused-ring (bicyclic) bond motifs is 2. The van der Waals surface area contributed by atoms with E-state index in [0.29, 0.717) is 0 Å². The summed E-state index contributed by atoms with van der Waals surface area (Å²) in [5.74, 6) is -0.0889. The van der Waals surface area contributed by atoms with Crippen LogP contribution in [-0.2, 0) is 4.79 Å². The van der Waals surface area contributed by atoms with Crippen LogP contribution in [0.1, 0.15) is 0 Å². The Morgan fingerprint density at radius 3 is 2.67 bits per heavy atom. The molecule has 2 heteroatoms. The Kier molecular flexibility index (Phi) is 1.48. The molecule has 0 radical (unpaired) electrons. The molecule has 0 atom stereocenters. The van der Waals surface area contributed by atoms with Gasteiger partial charge >= 0.3 is 0 Å². The number of hydrogen-bond donors (Lipinski definition) is 1. The minimum atomic E-state index is -0.157. The summed E-state index contributed by atoms with van der Waals surface area (Å²) in [6.45, 7) is 0. The highest BCUT2D eigenvalue weighted by molar-refractivity contribution is 6.10. The van der Waals surface area contributed by atoms with Crippen molar-refractivity contribution >= 4 is 17.4 Å². The van der Waals surface area contributed by atoms with Crippen LogP contribution in [-0.4, -0.2) is 10.9 Å². The largest absolute Gasteiger partial charge is 0.507 e. The molecule has 2 nitrogen and oxygen atoms in total. The van der Waals surface area contributed by atoms with Crippen molar-refractivity contribution in [3.8, 4) is 0 Å². The maximum atomic E-state index is 11.2. The van der Waals surface area contributed by atoms with Crippen LogP contribution in [0.3, 0.4) is 0 Å². The Hall–Kier alpha value is -2.09. The van der Waals surface area contributed by atoms with Crippen LogP contribution in [0.15, 0.2) is 47.7 Å². The Morgan fingerprint density at radius 1 is 1.00 bits per heavy atom. The molecule has 3 rings (SSSR count). The number of rotatable bonds is 0. The molecule has 0 fully saturated rings. The summed E-state index contributed by atoms with van der Waals surface area (Å²) in [5, 5.41) is 11.8. The van der Waals surface area contributed by atoms with E-state index in [9.17, 15) is 9.90 Å². The fraction of sp³-hybridized carbons (Fsp3) is 0. The second-order valence-corrected chi connectivity index (χ2v) is 3.64.